The van der Waals surface area contributed by atoms with Crippen molar-refractivity contribution in [2.75, 3.05) is 19.6 Å². The highest BCUT2D eigenvalue weighted by Gasteiger charge is 2.21. The molecule has 1 aliphatic rings. The highest BCUT2D eigenvalue weighted by molar-refractivity contribution is 5.65. The van der Waals surface area contributed by atoms with Gasteiger partial charge in [-0.1, -0.05) is 0 Å². The third-order valence-electron chi connectivity index (χ3n) is 2.70. The molecule has 0 bridgehead atoms. The molecule has 1 amide bonds. The van der Waals surface area contributed by atoms with Crippen LogP contribution in [0.15, 0.2) is 0 Å². The first-order chi connectivity index (χ1) is 6.49. The molecule has 1 aliphatic heterocycles. The normalized spacial score (nSPS) is 18.4. The largest absolute Gasteiger partial charge is 0.465 e. The lowest BCUT2D eigenvalue weighted by atomic mass is 10.0. The van der Waals surface area contributed by atoms with Gasteiger partial charge in [0.15, 0.2) is 0 Å². The second-order valence-electron chi connectivity index (χ2n) is 4.61. The van der Waals surface area contributed by atoms with Crippen molar-refractivity contribution in [1.29, 1.82) is 0 Å². The Morgan fingerprint density at radius 1 is 1.43 bits per heavy atom. The number of amides is 1. The van der Waals surface area contributed by atoms with E-state index in [9.17, 15) is 4.79 Å². The summed E-state index contributed by atoms with van der Waals surface area (Å²) in [6.07, 6.45) is 2.51. The molecule has 1 fully saturated rings. The molecule has 0 aliphatic carbocycles. The van der Waals surface area contributed by atoms with E-state index in [1.165, 1.54) is 25.9 Å². The number of nitrogens with one attached hydrogen (secondary N) is 1. The molecule has 14 heavy (non-hydrogen) atoms. The lowest BCUT2D eigenvalue weighted by Crippen LogP contribution is -2.44. The summed E-state index contributed by atoms with van der Waals surface area (Å²) >= 11 is 0. The lowest BCUT2D eigenvalue weighted by Gasteiger charge is -2.27. The van der Waals surface area contributed by atoms with Gasteiger partial charge in [-0.05, 0) is 46.2 Å². The van der Waals surface area contributed by atoms with E-state index < -0.39 is 6.09 Å². The number of hydrogen-bond donors (Lipinski definition) is 2. The van der Waals surface area contributed by atoms with Crippen LogP contribution in [-0.2, 0) is 0 Å². The van der Waals surface area contributed by atoms with Crippen LogP contribution in [0.1, 0.15) is 33.1 Å². The number of nitrogens with zero attached hydrogens (tertiary/aromatic N) is 1. The summed E-state index contributed by atoms with van der Waals surface area (Å²) in [5.41, 5.74) is -0.311. The molecule has 1 heterocycles. The van der Waals surface area contributed by atoms with Crippen LogP contribution < -0.4 is 5.32 Å². The molecular formula is C10H20N2O2. The van der Waals surface area contributed by atoms with Crippen LogP contribution >= 0.6 is 0 Å². The van der Waals surface area contributed by atoms with Gasteiger partial charge < -0.3 is 15.3 Å². The molecule has 1 saturated heterocycles. The van der Waals surface area contributed by atoms with Crippen molar-refractivity contribution in [3.8, 4) is 0 Å². The van der Waals surface area contributed by atoms with Gasteiger partial charge in [-0.25, -0.2) is 4.79 Å². The monoisotopic (exact) mass is 200 g/mol. The molecule has 0 saturated carbocycles. The second-order valence-corrected chi connectivity index (χ2v) is 4.61. The zero-order valence-electron chi connectivity index (χ0n) is 9.05. The summed E-state index contributed by atoms with van der Waals surface area (Å²) < 4.78 is 0. The number of likely N-dealkylation sites (tertiary alicyclic amines) is 1. The van der Waals surface area contributed by atoms with Crippen LogP contribution in [0.5, 0.6) is 0 Å². The Morgan fingerprint density at radius 3 is 2.50 bits per heavy atom. The SMILES string of the molecule is CC(C)(CCN1CCCC1)NC(=O)O. The van der Waals surface area contributed by atoms with Gasteiger partial charge in [0, 0.05) is 12.1 Å². The molecule has 82 valence electrons. The van der Waals surface area contributed by atoms with Crippen molar-refractivity contribution >= 4 is 6.09 Å². The Labute approximate surface area is 85.3 Å². The van der Waals surface area contributed by atoms with Gasteiger partial charge in [-0.15, -0.1) is 0 Å². The van der Waals surface area contributed by atoms with E-state index in [1.807, 2.05) is 13.8 Å². The fraction of sp³-hybridized carbons (Fsp3) is 0.900. The smallest absolute Gasteiger partial charge is 0.405 e. The molecule has 0 aromatic rings. The van der Waals surface area contributed by atoms with Crippen molar-refractivity contribution in [2.45, 2.75) is 38.6 Å². The third kappa shape index (κ3) is 3.96. The maximum atomic E-state index is 10.5. The van der Waals surface area contributed by atoms with Gasteiger partial charge in [-0.3, -0.25) is 0 Å². The predicted molar refractivity (Wildman–Crippen MR) is 55.5 cm³/mol. The molecule has 0 aromatic carbocycles. The third-order valence-corrected chi connectivity index (χ3v) is 2.70. The standard InChI is InChI=1S/C10H20N2O2/c1-10(2,11-9(13)14)5-8-12-6-3-4-7-12/h11H,3-8H2,1-2H3,(H,13,14). The first-order valence-electron chi connectivity index (χ1n) is 5.23. The molecule has 0 unspecified atom stereocenters. The predicted octanol–water partition coefficient (Wildman–Crippen LogP) is 1.52. The van der Waals surface area contributed by atoms with Crippen molar-refractivity contribution in [1.82, 2.24) is 10.2 Å². The van der Waals surface area contributed by atoms with Crippen LogP contribution in [0.2, 0.25) is 0 Å². The molecule has 0 radical (unpaired) electrons. The van der Waals surface area contributed by atoms with E-state index in [4.69, 9.17) is 5.11 Å². The second kappa shape index (κ2) is 4.64. The maximum absolute atomic E-state index is 10.5. The lowest BCUT2D eigenvalue weighted by molar-refractivity contribution is 0.177. The van der Waals surface area contributed by atoms with Crippen LogP contribution in [-0.4, -0.2) is 41.3 Å². The Morgan fingerprint density at radius 2 is 2.00 bits per heavy atom. The summed E-state index contributed by atoms with van der Waals surface area (Å²) in [5.74, 6) is 0. The zero-order chi connectivity index (χ0) is 10.6. The van der Waals surface area contributed by atoms with E-state index in [-0.39, 0.29) is 5.54 Å². The van der Waals surface area contributed by atoms with E-state index in [2.05, 4.69) is 10.2 Å². The number of carboxylic acid groups (broad SMARTS) is 1. The van der Waals surface area contributed by atoms with Crippen molar-refractivity contribution in [3.63, 3.8) is 0 Å². The minimum Gasteiger partial charge on any atom is -0.465 e. The van der Waals surface area contributed by atoms with Crippen molar-refractivity contribution < 1.29 is 9.90 Å². The summed E-state index contributed by atoms with van der Waals surface area (Å²) in [4.78, 5) is 12.9. The minimum atomic E-state index is -0.934. The average molecular weight is 200 g/mol. The molecule has 4 heteroatoms. The van der Waals surface area contributed by atoms with E-state index >= 15 is 0 Å². The molecule has 0 spiro atoms. The topological polar surface area (TPSA) is 52.6 Å². The average Bonchev–Trinajstić information content (AvgIpc) is 2.50. The quantitative estimate of drug-likeness (QED) is 0.723. The van der Waals surface area contributed by atoms with Gasteiger partial charge >= 0.3 is 6.09 Å². The zero-order valence-corrected chi connectivity index (χ0v) is 9.05. The van der Waals surface area contributed by atoms with E-state index in [0.29, 0.717) is 0 Å². The molecule has 2 N–H and O–H groups in total. The fourth-order valence-electron chi connectivity index (χ4n) is 1.80. The number of carbonyl (C=O) groups is 1. The van der Waals surface area contributed by atoms with Crippen LogP contribution in [0.4, 0.5) is 4.79 Å². The van der Waals surface area contributed by atoms with Crippen LogP contribution in [0, 0.1) is 0 Å². The summed E-state index contributed by atoms with van der Waals surface area (Å²) in [6.45, 7) is 7.19. The van der Waals surface area contributed by atoms with Crippen molar-refractivity contribution in [3.05, 3.63) is 0 Å². The van der Waals surface area contributed by atoms with Gasteiger partial charge in [0.2, 0.25) is 0 Å². The summed E-state index contributed by atoms with van der Waals surface area (Å²) in [6, 6.07) is 0. The molecule has 1 rings (SSSR count). The Balaban J connectivity index is 2.23. The van der Waals surface area contributed by atoms with Gasteiger partial charge in [0.1, 0.15) is 0 Å². The van der Waals surface area contributed by atoms with Crippen LogP contribution in [0.3, 0.4) is 0 Å². The van der Waals surface area contributed by atoms with E-state index in [1.54, 1.807) is 0 Å². The molecule has 0 atom stereocenters. The minimum absolute atomic E-state index is 0.311. The molecule has 4 nitrogen and oxygen atoms in total. The summed E-state index contributed by atoms with van der Waals surface area (Å²) in [5, 5.41) is 11.1. The van der Waals surface area contributed by atoms with Crippen LogP contribution in [0.25, 0.3) is 0 Å². The Hall–Kier alpha value is -0.770. The Bertz CT molecular complexity index is 198. The highest BCUT2D eigenvalue weighted by Crippen LogP contribution is 2.13. The van der Waals surface area contributed by atoms with Gasteiger partial charge in [0.25, 0.3) is 0 Å². The van der Waals surface area contributed by atoms with E-state index in [0.717, 1.165) is 13.0 Å². The molecular weight excluding hydrogens is 180 g/mol. The summed E-state index contributed by atoms with van der Waals surface area (Å²) in [7, 11) is 0. The number of rotatable bonds is 4. The van der Waals surface area contributed by atoms with Crippen molar-refractivity contribution in [2.24, 2.45) is 0 Å². The molecule has 0 aromatic heterocycles. The Kier molecular flexibility index (Phi) is 3.75. The first-order valence-corrected chi connectivity index (χ1v) is 5.23. The first kappa shape index (κ1) is 11.3. The maximum Gasteiger partial charge on any atom is 0.405 e. The highest BCUT2D eigenvalue weighted by atomic mass is 16.4. The number of hydrogen-bond acceptors (Lipinski definition) is 2. The fourth-order valence-corrected chi connectivity index (χ4v) is 1.80. The van der Waals surface area contributed by atoms with Gasteiger partial charge in [0.05, 0.1) is 0 Å². The van der Waals surface area contributed by atoms with Gasteiger partial charge in [-0.2, -0.15) is 0 Å².